The molecule has 0 bridgehead atoms. The predicted octanol–water partition coefficient (Wildman–Crippen LogP) is 1.56. The molecule has 120 valence electrons. The summed E-state index contributed by atoms with van der Waals surface area (Å²) in [4.78, 5) is 14.8. The monoisotopic (exact) mass is 325 g/mol. The van der Waals surface area contributed by atoms with Crippen molar-refractivity contribution >= 4 is 27.6 Å². The number of rotatable bonds is 5. The Kier molecular flexibility index (Phi) is 4.70. The van der Waals surface area contributed by atoms with Gasteiger partial charge in [-0.05, 0) is 37.5 Å². The van der Waals surface area contributed by atoms with Gasteiger partial charge in [0.1, 0.15) is 10.9 Å². The fraction of sp³-hybridized carbons (Fsp3) is 0.429. The van der Waals surface area contributed by atoms with E-state index >= 15 is 0 Å². The molecule has 22 heavy (non-hydrogen) atoms. The van der Waals surface area contributed by atoms with Crippen molar-refractivity contribution in [3.63, 3.8) is 0 Å². The van der Waals surface area contributed by atoms with Crippen molar-refractivity contribution in [2.75, 3.05) is 5.32 Å². The lowest BCUT2D eigenvalue weighted by atomic mass is 10.1. The number of hydrogen-bond donors (Lipinski definition) is 3. The van der Waals surface area contributed by atoms with Crippen LogP contribution in [0.3, 0.4) is 0 Å². The van der Waals surface area contributed by atoms with Crippen molar-refractivity contribution in [2.24, 2.45) is 4.99 Å². The molecule has 1 aromatic carbocycles. The second-order valence-corrected chi connectivity index (χ2v) is 6.81. The molecule has 1 unspecified atom stereocenters. The van der Waals surface area contributed by atoms with Crippen molar-refractivity contribution < 1.29 is 18.3 Å². The lowest BCUT2D eigenvalue weighted by Crippen LogP contribution is -2.41. The van der Waals surface area contributed by atoms with E-state index in [0.717, 1.165) is 24.8 Å². The summed E-state index contributed by atoms with van der Waals surface area (Å²) in [6, 6.07) is 4.13. The summed E-state index contributed by atoms with van der Waals surface area (Å²) in [6.45, 7) is 3.44. The molecule has 7 nitrogen and oxygen atoms in total. The van der Waals surface area contributed by atoms with Crippen molar-refractivity contribution in [1.29, 1.82) is 0 Å². The minimum Gasteiger partial charge on any atom is -0.480 e. The molecule has 0 saturated heterocycles. The number of carbonyl (C=O) groups is 1. The number of sulfonamides is 1. The van der Waals surface area contributed by atoms with Gasteiger partial charge in [0.25, 0.3) is 10.0 Å². The molecule has 1 heterocycles. The van der Waals surface area contributed by atoms with Crippen LogP contribution in [-0.2, 0) is 21.2 Å². The summed E-state index contributed by atoms with van der Waals surface area (Å²) < 4.78 is 26.8. The highest BCUT2D eigenvalue weighted by atomic mass is 32.2. The molecular weight excluding hydrogens is 306 g/mol. The third-order valence-corrected chi connectivity index (χ3v) is 4.70. The standard InChI is InChI=1S/C14H19N3O4S/c1-3-4-5-10-6-7-11-12(8-10)22(20,21)17-14(16-11)15-9(2)13(18)19/h6-9H,3-5H2,1-2H3,(H,18,19)(H2,15,16,17). The maximum Gasteiger partial charge on any atom is 0.328 e. The van der Waals surface area contributed by atoms with E-state index in [9.17, 15) is 13.2 Å². The van der Waals surface area contributed by atoms with Crippen LogP contribution in [0.25, 0.3) is 0 Å². The molecule has 1 aliphatic rings. The minimum absolute atomic E-state index is 0.0799. The van der Waals surface area contributed by atoms with Gasteiger partial charge in [0.2, 0.25) is 5.96 Å². The Morgan fingerprint density at radius 1 is 1.41 bits per heavy atom. The molecule has 0 aromatic heterocycles. The molecule has 0 amide bonds. The normalized spacial score (nSPS) is 18.9. The molecule has 3 N–H and O–H groups in total. The number of guanidine groups is 1. The first kappa shape index (κ1) is 16.3. The summed E-state index contributed by atoms with van der Waals surface area (Å²) >= 11 is 0. The van der Waals surface area contributed by atoms with E-state index in [1.54, 1.807) is 12.1 Å². The number of unbranched alkanes of at least 4 members (excludes halogenated alkanes) is 1. The summed E-state index contributed by atoms with van der Waals surface area (Å²) in [6.07, 6.45) is 2.84. The van der Waals surface area contributed by atoms with Crippen LogP contribution in [0.4, 0.5) is 5.69 Å². The predicted molar refractivity (Wildman–Crippen MR) is 83.5 cm³/mol. The van der Waals surface area contributed by atoms with Gasteiger partial charge in [0.05, 0.1) is 5.69 Å². The zero-order valence-corrected chi connectivity index (χ0v) is 13.3. The molecule has 2 rings (SSSR count). The van der Waals surface area contributed by atoms with Gasteiger partial charge in [-0.1, -0.05) is 19.4 Å². The fourth-order valence-corrected chi connectivity index (χ4v) is 3.25. The van der Waals surface area contributed by atoms with Crippen LogP contribution >= 0.6 is 0 Å². The summed E-state index contributed by atoms with van der Waals surface area (Å²) in [5, 5.41) is 11.7. The Morgan fingerprint density at radius 2 is 2.14 bits per heavy atom. The Bertz CT molecular complexity index is 713. The molecule has 1 aliphatic heterocycles. The highest BCUT2D eigenvalue weighted by Gasteiger charge is 2.27. The van der Waals surface area contributed by atoms with E-state index in [1.807, 2.05) is 6.07 Å². The van der Waals surface area contributed by atoms with E-state index in [4.69, 9.17) is 5.11 Å². The smallest absolute Gasteiger partial charge is 0.328 e. The number of aryl methyl sites for hydroxylation is 1. The highest BCUT2D eigenvalue weighted by Crippen LogP contribution is 2.26. The van der Waals surface area contributed by atoms with Gasteiger partial charge in [-0.25, -0.2) is 22.9 Å². The van der Waals surface area contributed by atoms with Crippen molar-refractivity contribution in [2.45, 2.75) is 44.0 Å². The van der Waals surface area contributed by atoms with Crippen molar-refractivity contribution in [3.05, 3.63) is 23.8 Å². The Balaban J connectivity index is 2.34. The second-order valence-electron chi connectivity index (χ2n) is 5.16. The molecule has 0 radical (unpaired) electrons. The largest absolute Gasteiger partial charge is 0.480 e. The molecule has 0 spiro atoms. The van der Waals surface area contributed by atoms with Gasteiger partial charge in [0, 0.05) is 0 Å². The minimum atomic E-state index is -3.75. The van der Waals surface area contributed by atoms with E-state index in [-0.39, 0.29) is 10.9 Å². The van der Waals surface area contributed by atoms with Gasteiger partial charge < -0.3 is 10.4 Å². The van der Waals surface area contributed by atoms with Gasteiger partial charge in [-0.15, -0.1) is 0 Å². The molecule has 0 aliphatic carbocycles. The van der Waals surface area contributed by atoms with Gasteiger partial charge in [0.15, 0.2) is 0 Å². The van der Waals surface area contributed by atoms with Crippen LogP contribution in [-0.4, -0.2) is 31.5 Å². The Labute approximate surface area is 129 Å². The fourth-order valence-electron chi connectivity index (χ4n) is 2.07. The van der Waals surface area contributed by atoms with Crippen LogP contribution in [0.2, 0.25) is 0 Å². The van der Waals surface area contributed by atoms with Crippen molar-refractivity contribution in [3.8, 4) is 0 Å². The van der Waals surface area contributed by atoms with Crippen molar-refractivity contribution in [1.82, 2.24) is 4.72 Å². The molecule has 8 heteroatoms. The topological polar surface area (TPSA) is 108 Å². The number of carboxylic acid groups (broad SMARTS) is 1. The second kappa shape index (κ2) is 6.35. The van der Waals surface area contributed by atoms with E-state index < -0.39 is 22.0 Å². The zero-order chi connectivity index (χ0) is 16.3. The number of benzene rings is 1. The van der Waals surface area contributed by atoms with E-state index in [1.165, 1.54) is 6.92 Å². The first-order chi connectivity index (χ1) is 10.3. The maximum atomic E-state index is 12.3. The zero-order valence-electron chi connectivity index (χ0n) is 12.5. The van der Waals surface area contributed by atoms with Gasteiger partial charge in [-0.3, -0.25) is 0 Å². The van der Waals surface area contributed by atoms with Crippen LogP contribution in [0.1, 0.15) is 32.3 Å². The molecule has 1 atom stereocenters. The average Bonchev–Trinajstić information content (AvgIpc) is 2.44. The number of hydrogen-bond acceptors (Lipinski definition) is 4. The summed E-state index contributed by atoms with van der Waals surface area (Å²) in [5.41, 5.74) is 1.35. The third-order valence-electron chi connectivity index (χ3n) is 3.32. The molecule has 1 aromatic rings. The lowest BCUT2D eigenvalue weighted by molar-refractivity contribution is -0.137. The number of aliphatic imine (C=N–C) groups is 1. The molecular formula is C14H19N3O4S. The van der Waals surface area contributed by atoms with Crippen LogP contribution in [0.15, 0.2) is 28.1 Å². The van der Waals surface area contributed by atoms with Gasteiger partial charge in [-0.2, -0.15) is 0 Å². The number of nitrogens with zero attached hydrogens (tertiary/aromatic N) is 1. The number of nitrogens with one attached hydrogen (secondary N) is 2. The number of carboxylic acids is 1. The SMILES string of the molecule is CCCCc1ccc2c(c1)S(=O)(=O)NC(=NC(C)C(=O)O)N2. The van der Waals surface area contributed by atoms with Gasteiger partial charge >= 0.3 is 5.97 Å². The average molecular weight is 325 g/mol. The summed E-state index contributed by atoms with van der Waals surface area (Å²) in [5.74, 6) is -1.21. The summed E-state index contributed by atoms with van der Waals surface area (Å²) in [7, 11) is -3.75. The quantitative estimate of drug-likeness (QED) is 0.761. The number of aliphatic carboxylic acids is 1. The van der Waals surface area contributed by atoms with Crippen LogP contribution in [0.5, 0.6) is 0 Å². The van der Waals surface area contributed by atoms with Crippen LogP contribution in [0, 0.1) is 0 Å². The highest BCUT2D eigenvalue weighted by molar-refractivity contribution is 7.90. The first-order valence-electron chi connectivity index (χ1n) is 7.07. The maximum absolute atomic E-state index is 12.3. The Hall–Kier alpha value is -2.09. The third kappa shape index (κ3) is 3.56. The number of fused-ring (bicyclic) bond motifs is 1. The lowest BCUT2D eigenvalue weighted by Gasteiger charge is -2.22. The van der Waals surface area contributed by atoms with E-state index in [2.05, 4.69) is 22.0 Å². The van der Waals surface area contributed by atoms with Crippen LogP contribution < -0.4 is 10.0 Å². The Morgan fingerprint density at radius 3 is 2.77 bits per heavy atom. The molecule has 0 fully saturated rings. The van der Waals surface area contributed by atoms with E-state index in [0.29, 0.717) is 5.69 Å². The number of anilines is 1. The first-order valence-corrected chi connectivity index (χ1v) is 8.55. The molecule has 0 saturated carbocycles.